The molecule has 1 aromatic heterocycles. The number of ether oxygens (including phenoxy) is 1. The number of benzene rings is 2. The minimum absolute atomic E-state index is 0.0232. The van der Waals surface area contributed by atoms with Crippen LogP contribution in [0.15, 0.2) is 73.1 Å². The zero-order valence-electron chi connectivity index (χ0n) is 20.4. The van der Waals surface area contributed by atoms with Crippen LogP contribution < -0.4 is 5.32 Å². The van der Waals surface area contributed by atoms with Crippen LogP contribution >= 0.6 is 0 Å². The molecule has 1 spiro atoms. The Kier molecular flexibility index (Phi) is 6.41. The Hall–Kier alpha value is -3.84. The summed E-state index contributed by atoms with van der Waals surface area (Å²) in [4.78, 5) is 43.7. The van der Waals surface area contributed by atoms with Gasteiger partial charge in [0.25, 0.3) is 11.8 Å². The number of amides is 2. The molecular weight excluding hydrogens is 454 g/mol. The number of nitrogens with one attached hydrogen (secondary N) is 1. The molecule has 1 aliphatic carbocycles. The molecule has 184 valence electrons. The van der Waals surface area contributed by atoms with Crippen molar-refractivity contribution < 1.29 is 19.1 Å². The second kappa shape index (κ2) is 9.66. The highest BCUT2D eigenvalue weighted by Gasteiger charge is 2.54. The zero-order valence-corrected chi connectivity index (χ0v) is 20.4. The molecule has 2 heterocycles. The van der Waals surface area contributed by atoms with E-state index in [9.17, 15) is 14.4 Å². The highest BCUT2D eigenvalue weighted by molar-refractivity contribution is 5.98. The number of fused-ring (bicyclic) bond motifs is 2. The van der Waals surface area contributed by atoms with Crippen molar-refractivity contribution in [2.24, 2.45) is 0 Å². The molecule has 2 aliphatic rings. The smallest absolute Gasteiger partial charge is 0.253 e. The Bertz CT molecular complexity index is 1280. The number of carbonyl (C=O) groups is 3. The third-order valence-corrected chi connectivity index (χ3v) is 7.64. The van der Waals surface area contributed by atoms with Crippen LogP contribution in [0, 0.1) is 0 Å². The molecule has 36 heavy (non-hydrogen) atoms. The van der Waals surface area contributed by atoms with Crippen molar-refractivity contribution in [2.75, 3.05) is 20.2 Å². The lowest BCUT2D eigenvalue weighted by molar-refractivity contribution is -0.00929. The van der Waals surface area contributed by atoms with E-state index in [1.807, 2.05) is 17.0 Å². The van der Waals surface area contributed by atoms with Crippen molar-refractivity contribution in [2.45, 2.75) is 37.3 Å². The van der Waals surface area contributed by atoms with Crippen LogP contribution in [0.2, 0.25) is 0 Å². The molecule has 0 saturated carbocycles. The van der Waals surface area contributed by atoms with E-state index in [0.717, 1.165) is 18.4 Å². The lowest BCUT2D eigenvalue weighted by Gasteiger charge is -2.44. The number of ketones is 1. The van der Waals surface area contributed by atoms with E-state index in [2.05, 4.69) is 22.4 Å². The zero-order chi connectivity index (χ0) is 25.3. The second-order valence-electron chi connectivity index (χ2n) is 9.51. The van der Waals surface area contributed by atoms with Gasteiger partial charge in [-0.2, -0.15) is 0 Å². The SMILES string of the molecule is CO[C@H]1[C@H](NC(=O)c2ccncc2)c2ccccc2C12CCN(C(=O)c1ccc(C(C)=O)cc1)CC2. The van der Waals surface area contributed by atoms with E-state index in [1.165, 1.54) is 12.5 Å². The molecule has 1 saturated heterocycles. The molecule has 7 nitrogen and oxygen atoms in total. The van der Waals surface area contributed by atoms with Crippen LogP contribution in [0.5, 0.6) is 0 Å². The summed E-state index contributed by atoms with van der Waals surface area (Å²) in [6, 6.07) is 18.1. The van der Waals surface area contributed by atoms with Gasteiger partial charge in [0.2, 0.25) is 0 Å². The summed E-state index contributed by atoms with van der Waals surface area (Å²) in [7, 11) is 1.69. The Morgan fingerprint density at radius 1 is 0.917 bits per heavy atom. The monoisotopic (exact) mass is 483 g/mol. The molecule has 0 unspecified atom stereocenters. The van der Waals surface area contributed by atoms with Gasteiger partial charge >= 0.3 is 0 Å². The Labute approximate surface area is 210 Å². The first-order chi connectivity index (χ1) is 17.4. The van der Waals surface area contributed by atoms with Gasteiger partial charge in [-0.15, -0.1) is 0 Å². The number of pyridine rings is 1. The summed E-state index contributed by atoms with van der Waals surface area (Å²) in [5, 5.41) is 3.20. The van der Waals surface area contributed by atoms with Crippen molar-refractivity contribution in [1.82, 2.24) is 15.2 Å². The first-order valence-corrected chi connectivity index (χ1v) is 12.2. The first-order valence-electron chi connectivity index (χ1n) is 12.2. The topological polar surface area (TPSA) is 88.6 Å². The van der Waals surface area contributed by atoms with Gasteiger partial charge in [-0.3, -0.25) is 19.4 Å². The number of rotatable bonds is 5. The number of Topliss-reactive ketones (excluding diaryl/α,β-unsaturated/α-hetero) is 1. The molecule has 1 N–H and O–H groups in total. The number of likely N-dealkylation sites (tertiary alicyclic amines) is 1. The van der Waals surface area contributed by atoms with Gasteiger partial charge in [0.15, 0.2) is 5.78 Å². The minimum atomic E-state index is -0.309. The van der Waals surface area contributed by atoms with Gasteiger partial charge in [-0.25, -0.2) is 0 Å². The van der Waals surface area contributed by atoms with Crippen LogP contribution in [-0.4, -0.2) is 53.8 Å². The molecule has 2 amide bonds. The number of hydrogen-bond donors (Lipinski definition) is 1. The van der Waals surface area contributed by atoms with Crippen LogP contribution in [0.1, 0.15) is 68.0 Å². The third-order valence-electron chi connectivity index (χ3n) is 7.64. The number of piperidine rings is 1. The summed E-state index contributed by atoms with van der Waals surface area (Å²) in [6.07, 6.45) is 4.40. The minimum Gasteiger partial charge on any atom is -0.378 e. The van der Waals surface area contributed by atoms with Gasteiger partial charge in [-0.05, 0) is 55.2 Å². The molecule has 0 radical (unpaired) electrons. The fourth-order valence-electron chi connectivity index (χ4n) is 5.79. The van der Waals surface area contributed by atoms with E-state index >= 15 is 0 Å². The average molecular weight is 484 g/mol. The summed E-state index contributed by atoms with van der Waals surface area (Å²) in [5.41, 5.74) is 3.65. The molecule has 0 bridgehead atoms. The van der Waals surface area contributed by atoms with Crippen LogP contribution in [-0.2, 0) is 10.2 Å². The predicted octanol–water partition coefficient (Wildman–Crippen LogP) is 3.96. The van der Waals surface area contributed by atoms with Crippen molar-refractivity contribution in [3.05, 3.63) is 101 Å². The quantitative estimate of drug-likeness (QED) is 0.555. The molecule has 1 aliphatic heterocycles. The molecule has 2 atom stereocenters. The second-order valence-corrected chi connectivity index (χ2v) is 9.51. The summed E-state index contributed by atoms with van der Waals surface area (Å²) >= 11 is 0. The maximum atomic E-state index is 13.2. The number of nitrogens with zero attached hydrogens (tertiary/aromatic N) is 2. The van der Waals surface area contributed by atoms with Gasteiger partial charge in [0.1, 0.15) is 0 Å². The fraction of sp³-hybridized carbons (Fsp3) is 0.310. The number of hydrogen-bond acceptors (Lipinski definition) is 5. The lowest BCUT2D eigenvalue weighted by atomic mass is 9.71. The van der Waals surface area contributed by atoms with Gasteiger partial charge in [-0.1, -0.05) is 36.4 Å². The maximum Gasteiger partial charge on any atom is 0.253 e. The number of carbonyl (C=O) groups excluding carboxylic acids is 3. The van der Waals surface area contributed by atoms with Gasteiger partial charge in [0.05, 0.1) is 12.1 Å². The summed E-state index contributed by atoms with van der Waals surface area (Å²) in [5.74, 6) is -0.231. The normalized spacial score (nSPS) is 20.1. The third kappa shape index (κ3) is 4.09. The highest BCUT2D eigenvalue weighted by Crippen LogP contribution is 2.52. The first kappa shape index (κ1) is 23.9. The average Bonchev–Trinajstić information content (AvgIpc) is 3.17. The van der Waals surface area contributed by atoms with Crippen molar-refractivity contribution in [3.8, 4) is 0 Å². The van der Waals surface area contributed by atoms with E-state index in [1.54, 1.807) is 55.9 Å². The van der Waals surface area contributed by atoms with Crippen LogP contribution in [0.4, 0.5) is 0 Å². The molecular formula is C29H29N3O4. The van der Waals surface area contributed by atoms with E-state index < -0.39 is 0 Å². The molecule has 7 heteroatoms. The van der Waals surface area contributed by atoms with Crippen molar-refractivity contribution in [1.29, 1.82) is 0 Å². The predicted molar refractivity (Wildman–Crippen MR) is 135 cm³/mol. The number of methoxy groups -OCH3 is 1. The number of aromatic nitrogens is 1. The molecule has 5 rings (SSSR count). The molecule has 2 aromatic carbocycles. The van der Waals surface area contributed by atoms with E-state index in [-0.39, 0.29) is 35.2 Å². The van der Waals surface area contributed by atoms with Crippen molar-refractivity contribution >= 4 is 17.6 Å². The van der Waals surface area contributed by atoms with Gasteiger partial charge < -0.3 is 15.0 Å². The Balaban J connectivity index is 1.37. The largest absolute Gasteiger partial charge is 0.378 e. The molecule has 3 aromatic rings. The maximum absolute atomic E-state index is 13.2. The summed E-state index contributed by atoms with van der Waals surface area (Å²) < 4.78 is 6.09. The Morgan fingerprint density at radius 2 is 1.56 bits per heavy atom. The van der Waals surface area contributed by atoms with Crippen LogP contribution in [0.25, 0.3) is 0 Å². The van der Waals surface area contributed by atoms with Crippen molar-refractivity contribution in [3.63, 3.8) is 0 Å². The van der Waals surface area contributed by atoms with Crippen LogP contribution in [0.3, 0.4) is 0 Å². The highest BCUT2D eigenvalue weighted by atomic mass is 16.5. The van der Waals surface area contributed by atoms with E-state index in [0.29, 0.717) is 29.8 Å². The standard InChI is InChI=1S/C29H29N3O4/c1-19(33)20-7-9-22(10-8-20)28(35)32-17-13-29(14-18-32)24-6-4-3-5-23(24)25(26(29)36-2)31-27(34)21-11-15-30-16-12-21/h3-12,15-16,25-26H,13-14,17-18H2,1-2H3,(H,31,34)/t25-,26+/m1/s1. The molecule has 1 fully saturated rings. The summed E-state index contributed by atoms with van der Waals surface area (Å²) in [6.45, 7) is 2.67. The Morgan fingerprint density at radius 3 is 2.19 bits per heavy atom. The van der Waals surface area contributed by atoms with E-state index in [4.69, 9.17) is 4.74 Å². The van der Waals surface area contributed by atoms with Gasteiger partial charge in [0, 0.05) is 54.7 Å². The fourth-order valence-corrected chi connectivity index (χ4v) is 5.79. The lowest BCUT2D eigenvalue weighted by Crippen LogP contribution is -2.51.